The van der Waals surface area contributed by atoms with Gasteiger partial charge in [0.25, 0.3) is 0 Å². The van der Waals surface area contributed by atoms with Gasteiger partial charge in [-0.2, -0.15) is 10.5 Å². The monoisotopic (exact) mass is 465 g/mol. The van der Waals surface area contributed by atoms with Crippen LogP contribution in [-0.2, 0) is 10.3 Å². The third-order valence-corrected chi connectivity index (χ3v) is 7.93. The minimum absolute atomic E-state index is 0.0950. The predicted octanol–water partition coefficient (Wildman–Crippen LogP) is 4.82. The van der Waals surface area contributed by atoms with Crippen LogP contribution in [0.3, 0.4) is 0 Å². The maximum absolute atomic E-state index is 13.5. The van der Waals surface area contributed by atoms with Crippen LogP contribution in [0.4, 0.5) is 0 Å². The highest BCUT2D eigenvalue weighted by Crippen LogP contribution is 2.48. The van der Waals surface area contributed by atoms with Crippen molar-refractivity contribution in [2.24, 2.45) is 10.7 Å². The van der Waals surface area contributed by atoms with E-state index in [1.165, 1.54) is 34.6 Å². The van der Waals surface area contributed by atoms with Crippen molar-refractivity contribution in [1.29, 1.82) is 10.5 Å². The van der Waals surface area contributed by atoms with Gasteiger partial charge in [0.15, 0.2) is 5.96 Å². The third-order valence-electron chi connectivity index (χ3n) is 6.77. The molecule has 1 aromatic heterocycles. The zero-order valence-electron chi connectivity index (χ0n) is 18.9. The summed E-state index contributed by atoms with van der Waals surface area (Å²) in [6.45, 7) is 1.95. The average Bonchev–Trinajstić information content (AvgIpc) is 3.57. The number of amides is 1. The summed E-state index contributed by atoms with van der Waals surface area (Å²) >= 11 is 1.50. The number of carbonyl (C=O) groups excluding carboxylic acids is 1. The van der Waals surface area contributed by atoms with Gasteiger partial charge < -0.3 is 5.73 Å². The summed E-state index contributed by atoms with van der Waals surface area (Å²) < 4.78 is 0. The van der Waals surface area contributed by atoms with E-state index in [4.69, 9.17) is 10.7 Å². The molecule has 2 heterocycles. The zero-order chi connectivity index (χ0) is 24.0. The summed E-state index contributed by atoms with van der Waals surface area (Å²) in [5.74, 6) is 0.208. The molecule has 0 spiro atoms. The van der Waals surface area contributed by atoms with Crippen LogP contribution in [-0.4, -0.2) is 23.8 Å². The van der Waals surface area contributed by atoms with Gasteiger partial charge in [-0.3, -0.25) is 9.69 Å². The van der Waals surface area contributed by atoms with Gasteiger partial charge in [0.05, 0.1) is 29.2 Å². The van der Waals surface area contributed by atoms with Crippen LogP contribution in [0.15, 0.2) is 58.9 Å². The van der Waals surface area contributed by atoms with E-state index in [2.05, 4.69) is 24.3 Å². The normalized spacial score (nSPS) is 22.1. The van der Waals surface area contributed by atoms with E-state index in [0.29, 0.717) is 17.0 Å². The number of nitrogens with two attached hydrogens (primary N) is 1. The van der Waals surface area contributed by atoms with Crippen molar-refractivity contribution >= 4 is 23.2 Å². The SMILES string of the molecule is CN1C(=O)[C@@H](c2ccc(C3CC3)cc2)[C@@](C)(c2cc(-c3cc(C#N)cc(C#N)c3)cs2)N=C1N. The first-order valence-corrected chi connectivity index (χ1v) is 12.0. The fraction of sp³-hybridized carbons (Fsp3) is 0.259. The number of carbonyl (C=O) groups is 1. The lowest BCUT2D eigenvalue weighted by molar-refractivity contribution is -0.130. The molecule has 7 heteroatoms. The number of hydrogen-bond donors (Lipinski definition) is 1. The fourth-order valence-corrected chi connectivity index (χ4v) is 5.70. The van der Waals surface area contributed by atoms with E-state index in [-0.39, 0.29) is 11.9 Å². The molecule has 0 bridgehead atoms. The Bertz CT molecular complexity index is 1370. The number of aliphatic imine (C=N–C) groups is 1. The Kier molecular flexibility index (Phi) is 5.23. The zero-order valence-corrected chi connectivity index (χ0v) is 19.8. The van der Waals surface area contributed by atoms with Crippen molar-refractivity contribution in [1.82, 2.24) is 4.90 Å². The predicted molar refractivity (Wildman–Crippen MR) is 132 cm³/mol. The maximum Gasteiger partial charge on any atom is 0.239 e. The lowest BCUT2D eigenvalue weighted by Gasteiger charge is -2.40. The Morgan fingerprint density at radius 3 is 2.24 bits per heavy atom. The van der Waals surface area contributed by atoms with Crippen LogP contribution in [0.2, 0.25) is 0 Å². The molecule has 1 fully saturated rings. The molecule has 1 amide bonds. The lowest BCUT2D eigenvalue weighted by Crippen LogP contribution is -2.52. The topological polar surface area (TPSA) is 106 Å². The molecule has 1 saturated carbocycles. The van der Waals surface area contributed by atoms with Crippen molar-refractivity contribution in [3.8, 4) is 23.3 Å². The number of rotatable bonds is 4. The van der Waals surface area contributed by atoms with E-state index in [0.717, 1.165) is 21.6 Å². The van der Waals surface area contributed by atoms with Gasteiger partial charge in [-0.25, -0.2) is 4.99 Å². The van der Waals surface area contributed by atoms with Crippen LogP contribution < -0.4 is 5.73 Å². The molecule has 3 aromatic rings. The van der Waals surface area contributed by atoms with Crippen molar-refractivity contribution in [3.05, 3.63) is 81.0 Å². The molecule has 0 saturated heterocycles. The second-order valence-electron chi connectivity index (χ2n) is 9.11. The van der Waals surface area contributed by atoms with Crippen molar-refractivity contribution in [2.75, 3.05) is 7.05 Å². The molecule has 0 unspecified atom stereocenters. The first-order valence-electron chi connectivity index (χ1n) is 11.1. The minimum atomic E-state index is -0.886. The largest absolute Gasteiger partial charge is 0.369 e. The number of nitrogens with zero attached hydrogens (tertiary/aromatic N) is 4. The van der Waals surface area contributed by atoms with Crippen LogP contribution in [0, 0.1) is 22.7 Å². The summed E-state index contributed by atoms with van der Waals surface area (Å²) in [7, 11) is 1.66. The van der Waals surface area contributed by atoms with Gasteiger partial charge in [-0.05, 0) is 77.6 Å². The highest BCUT2D eigenvalue weighted by atomic mass is 32.1. The summed E-state index contributed by atoms with van der Waals surface area (Å²) in [5.41, 5.74) is 10.0. The minimum Gasteiger partial charge on any atom is -0.369 e. The number of hydrogen-bond acceptors (Lipinski definition) is 6. The Morgan fingerprint density at radius 2 is 1.65 bits per heavy atom. The first kappa shape index (κ1) is 21.9. The van der Waals surface area contributed by atoms with Gasteiger partial charge in [0.2, 0.25) is 5.91 Å². The number of likely N-dealkylation sites (N-methyl/N-ethyl adjacent to an activating group) is 1. The second kappa shape index (κ2) is 8.13. The highest BCUT2D eigenvalue weighted by molar-refractivity contribution is 7.10. The molecule has 2 N–H and O–H groups in total. The Balaban J connectivity index is 1.59. The van der Waals surface area contributed by atoms with E-state index >= 15 is 0 Å². The smallest absolute Gasteiger partial charge is 0.239 e. The standard InChI is InChI=1S/C27H23N5OS/c1-27(23-12-22(15-34-23)21-10-16(13-28)9-17(11-21)14-29)24(25(33)32(2)26(30)31-27)20-7-5-19(6-8-20)18-3-4-18/h5-12,15,18,24H,3-4H2,1-2H3,(H2,30,31)/t24-,27-/m1/s1. The molecule has 5 rings (SSSR count). The number of guanidine groups is 1. The summed E-state index contributed by atoms with van der Waals surface area (Å²) in [4.78, 5) is 20.6. The first-order chi connectivity index (χ1) is 16.3. The molecule has 0 radical (unpaired) electrons. The van der Waals surface area contributed by atoms with Crippen LogP contribution in [0.5, 0.6) is 0 Å². The summed E-state index contributed by atoms with van der Waals surface area (Å²) in [6, 6.07) is 19.7. The van der Waals surface area contributed by atoms with Gasteiger partial charge in [0.1, 0.15) is 5.54 Å². The van der Waals surface area contributed by atoms with Gasteiger partial charge in [-0.15, -0.1) is 11.3 Å². The van der Waals surface area contributed by atoms with Crippen molar-refractivity contribution in [3.63, 3.8) is 0 Å². The van der Waals surface area contributed by atoms with E-state index < -0.39 is 11.5 Å². The van der Waals surface area contributed by atoms with E-state index in [1.807, 2.05) is 30.5 Å². The molecule has 1 aliphatic carbocycles. The van der Waals surface area contributed by atoms with Crippen molar-refractivity contribution in [2.45, 2.75) is 37.1 Å². The van der Waals surface area contributed by atoms with E-state index in [9.17, 15) is 15.3 Å². The number of thiophene rings is 1. The van der Waals surface area contributed by atoms with Crippen LogP contribution in [0.1, 0.15) is 58.7 Å². The molecule has 2 atom stereocenters. The second-order valence-corrected chi connectivity index (χ2v) is 10.0. The molecular formula is C27H23N5OS. The molecule has 34 heavy (non-hydrogen) atoms. The number of nitriles is 2. The number of benzene rings is 2. The third kappa shape index (κ3) is 3.65. The fourth-order valence-electron chi connectivity index (χ4n) is 4.64. The Hall–Kier alpha value is -3.94. The van der Waals surface area contributed by atoms with Gasteiger partial charge >= 0.3 is 0 Å². The Morgan fingerprint density at radius 1 is 1.03 bits per heavy atom. The van der Waals surface area contributed by atoms with Gasteiger partial charge in [-0.1, -0.05) is 24.3 Å². The van der Waals surface area contributed by atoms with Crippen LogP contribution in [0.25, 0.3) is 11.1 Å². The highest BCUT2D eigenvalue weighted by Gasteiger charge is 2.48. The Labute approximate surface area is 202 Å². The summed E-state index contributed by atoms with van der Waals surface area (Å²) in [6.07, 6.45) is 2.45. The molecular weight excluding hydrogens is 442 g/mol. The molecule has 1 aliphatic heterocycles. The quantitative estimate of drug-likeness (QED) is 0.596. The van der Waals surface area contributed by atoms with Crippen molar-refractivity contribution < 1.29 is 4.79 Å². The average molecular weight is 466 g/mol. The van der Waals surface area contributed by atoms with E-state index in [1.54, 1.807) is 25.2 Å². The van der Waals surface area contributed by atoms with Crippen LogP contribution >= 0.6 is 11.3 Å². The van der Waals surface area contributed by atoms with Gasteiger partial charge in [0, 0.05) is 11.9 Å². The summed E-state index contributed by atoms with van der Waals surface area (Å²) in [5, 5.41) is 20.7. The molecule has 2 aromatic carbocycles. The molecule has 168 valence electrons. The maximum atomic E-state index is 13.5. The molecule has 6 nitrogen and oxygen atoms in total. The lowest BCUT2D eigenvalue weighted by atomic mass is 9.77. The molecule has 2 aliphatic rings.